The fourth-order valence-electron chi connectivity index (χ4n) is 1.48. The summed E-state index contributed by atoms with van der Waals surface area (Å²) in [4.78, 5) is 9.55. The molecule has 0 fully saturated rings. The minimum absolute atomic E-state index is 0.235. The minimum atomic E-state index is -0.979. The highest BCUT2D eigenvalue weighted by molar-refractivity contribution is 5.44. The molecule has 0 aliphatic heterocycles. The van der Waals surface area contributed by atoms with Gasteiger partial charge in [0.1, 0.15) is 0 Å². The van der Waals surface area contributed by atoms with Crippen molar-refractivity contribution in [1.82, 2.24) is 0 Å². The van der Waals surface area contributed by atoms with E-state index in [0.29, 0.717) is 6.07 Å². The van der Waals surface area contributed by atoms with Gasteiger partial charge in [-0.1, -0.05) is 6.07 Å². The lowest BCUT2D eigenvalue weighted by atomic mass is 10.2. The molecule has 21 heavy (non-hydrogen) atoms. The van der Waals surface area contributed by atoms with E-state index in [-0.39, 0.29) is 17.0 Å². The van der Waals surface area contributed by atoms with E-state index in [4.69, 9.17) is 10.2 Å². The number of nitro groups is 1. The van der Waals surface area contributed by atoms with E-state index in [0.717, 1.165) is 11.6 Å². The Bertz CT molecular complexity index is 674. The van der Waals surface area contributed by atoms with Gasteiger partial charge in [-0.2, -0.15) is 0 Å². The molecule has 0 aromatic heterocycles. The van der Waals surface area contributed by atoms with Crippen molar-refractivity contribution < 1.29 is 23.9 Å². The standard InChI is InChI=1S/C7H6FNO3.C7H7FO/c1-4-2-7(10)5(8)3-6(4)9(11)12;1-5-2-3-6(8)7(9)4-5/h2-3,10H,1H3;2-4,9H,1H3. The summed E-state index contributed by atoms with van der Waals surface area (Å²) >= 11 is 0. The van der Waals surface area contributed by atoms with Gasteiger partial charge in [0, 0.05) is 5.56 Å². The van der Waals surface area contributed by atoms with Crippen LogP contribution in [-0.2, 0) is 0 Å². The fraction of sp³-hybridized carbons (Fsp3) is 0.143. The van der Waals surface area contributed by atoms with Gasteiger partial charge in [0.25, 0.3) is 5.69 Å². The average Bonchev–Trinajstić information content (AvgIpc) is 2.39. The number of halogens is 2. The molecule has 0 saturated carbocycles. The molecule has 0 aliphatic carbocycles. The number of phenolic OH excluding ortho intramolecular Hbond substituents is 2. The van der Waals surface area contributed by atoms with Crippen molar-refractivity contribution in [1.29, 1.82) is 0 Å². The van der Waals surface area contributed by atoms with E-state index in [1.54, 1.807) is 13.0 Å². The van der Waals surface area contributed by atoms with Crippen LogP contribution in [0.15, 0.2) is 30.3 Å². The third-order valence-electron chi connectivity index (χ3n) is 2.56. The lowest BCUT2D eigenvalue weighted by Gasteiger charge is -1.98. The molecule has 2 rings (SSSR count). The molecular weight excluding hydrogens is 284 g/mol. The van der Waals surface area contributed by atoms with Crippen molar-refractivity contribution >= 4 is 5.69 Å². The molecule has 7 heteroatoms. The van der Waals surface area contributed by atoms with Crippen molar-refractivity contribution in [3.63, 3.8) is 0 Å². The van der Waals surface area contributed by atoms with Gasteiger partial charge in [-0.25, -0.2) is 8.78 Å². The highest BCUT2D eigenvalue weighted by atomic mass is 19.1. The maximum atomic E-state index is 12.6. The fourth-order valence-corrected chi connectivity index (χ4v) is 1.48. The van der Waals surface area contributed by atoms with Crippen molar-refractivity contribution in [2.45, 2.75) is 13.8 Å². The van der Waals surface area contributed by atoms with Crippen molar-refractivity contribution in [2.24, 2.45) is 0 Å². The summed E-state index contributed by atoms with van der Waals surface area (Å²) in [7, 11) is 0. The molecule has 0 unspecified atom stereocenters. The number of benzene rings is 2. The van der Waals surface area contributed by atoms with Crippen LogP contribution in [0, 0.1) is 35.6 Å². The number of phenols is 2. The number of aromatic hydroxyl groups is 2. The van der Waals surface area contributed by atoms with Crippen molar-refractivity contribution in [3.05, 3.63) is 63.2 Å². The molecule has 112 valence electrons. The van der Waals surface area contributed by atoms with Crippen molar-refractivity contribution in [2.75, 3.05) is 0 Å². The number of nitro benzene ring substituents is 1. The zero-order chi connectivity index (χ0) is 16.2. The number of hydrogen-bond donors (Lipinski definition) is 2. The van der Waals surface area contributed by atoms with Crippen LogP contribution in [-0.4, -0.2) is 15.1 Å². The topological polar surface area (TPSA) is 83.6 Å². The van der Waals surface area contributed by atoms with E-state index >= 15 is 0 Å². The summed E-state index contributed by atoms with van der Waals surface area (Å²) in [6.07, 6.45) is 0. The molecule has 0 heterocycles. The first-order valence-corrected chi connectivity index (χ1v) is 5.81. The van der Waals surface area contributed by atoms with E-state index in [9.17, 15) is 18.9 Å². The Morgan fingerprint density at radius 3 is 2.05 bits per heavy atom. The Balaban J connectivity index is 0.000000219. The van der Waals surface area contributed by atoms with Gasteiger partial charge in [-0.05, 0) is 37.6 Å². The van der Waals surface area contributed by atoms with E-state index in [1.807, 2.05) is 0 Å². The Morgan fingerprint density at radius 1 is 1.00 bits per heavy atom. The lowest BCUT2D eigenvalue weighted by Crippen LogP contribution is -1.92. The van der Waals surface area contributed by atoms with Crippen LogP contribution >= 0.6 is 0 Å². The summed E-state index contributed by atoms with van der Waals surface area (Å²) in [5.74, 6) is -2.40. The first-order valence-electron chi connectivity index (χ1n) is 5.81. The summed E-state index contributed by atoms with van der Waals surface area (Å²) in [6.45, 7) is 3.22. The largest absolute Gasteiger partial charge is 0.505 e. The Labute approximate surface area is 119 Å². The van der Waals surface area contributed by atoms with Gasteiger partial charge in [-0.3, -0.25) is 10.1 Å². The summed E-state index contributed by atoms with van der Waals surface area (Å²) in [6, 6.07) is 5.95. The maximum Gasteiger partial charge on any atom is 0.275 e. The first-order chi connectivity index (χ1) is 9.72. The van der Waals surface area contributed by atoms with Crippen molar-refractivity contribution in [3.8, 4) is 11.5 Å². The highest BCUT2D eigenvalue weighted by Crippen LogP contribution is 2.25. The molecule has 0 amide bonds. The number of rotatable bonds is 1. The number of nitrogens with zero attached hydrogens (tertiary/aromatic N) is 1. The molecule has 0 spiro atoms. The van der Waals surface area contributed by atoms with Crippen LogP contribution < -0.4 is 0 Å². The molecule has 0 bridgehead atoms. The molecule has 5 nitrogen and oxygen atoms in total. The molecule has 0 saturated heterocycles. The summed E-state index contributed by atoms with van der Waals surface area (Å²) < 4.78 is 24.8. The molecule has 0 atom stereocenters. The molecule has 2 aromatic carbocycles. The first kappa shape index (κ1) is 16.4. The monoisotopic (exact) mass is 297 g/mol. The Morgan fingerprint density at radius 2 is 1.57 bits per heavy atom. The molecule has 0 aliphatic rings. The second kappa shape index (κ2) is 6.65. The van der Waals surface area contributed by atoms with E-state index in [1.165, 1.54) is 19.1 Å². The van der Waals surface area contributed by atoms with Crippen LogP contribution in [0.5, 0.6) is 11.5 Å². The predicted octanol–water partition coefficient (Wildman–Crippen LogP) is 3.59. The minimum Gasteiger partial charge on any atom is -0.505 e. The van der Waals surface area contributed by atoms with Gasteiger partial charge in [0.2, 0.25) is 0 Å². The molecule has 2 N–H and O–H groups in total. The van der Waals surface area contributed by atoms with Crippen LogP contribution in [0.4, 0.5) is 14.5 Å². The molecule has 2 aromatic rings. The quantitative estimate of drug-likeness (QED) is 0.622. The third kappa shape index (κ3) is 4.41. The van der Waals surface area contributed by atoms with Crippen LogP contribution in [0.2, 0.25) is 0 Å². The molecular formula is C14H13F2NO4. The van der Waals surface area contributed by atoms with Gasteiger partial charge < -0.3 is 10.2 Å². The zero-order valence-electron chi connectivity index (χ0n) is 11.3. The second-order valence-corrected chi connectivity index (χ2v) is 4.30. The lowest BCUT2D eigenvalue weighted by molar-refractivity contribution is -0.385. The van der Waals surface area contributed by atoms with Crippen LogP contribution in [0.1, 0.15) is 11.1 Å². The SMILES string of the molecule is Cc1cc(O)c(F)cc1[N+](=O)[O-].Cc1ccc(F)c(O)c1. The maximum absolute atomic E-state index is 12.6. The highest BCUT2D eigenvalue weighted by Gasteiger charge is 2.14. The second-order valence-electron chi connectivity index (χ2n) is 4.30. The molecule has 0 radical (unpaired) electrons. The normalized spacial score (nSPS) is 9.71. The summed E-state index contributed by atoms with van der Waals surface area (Å²) in [5, 5.41) is 27.8. The zero-order valence-corrected chi connectivity index (χ0v) is 11.3. The van der Waals surface area contributed by atoms with Crippen LogP contribution in [0.25, 0.3) is 0 Å². The van der Waals surface area contributed by atoms with E-state index < -0.39 is 22.3 Å². The Kier molecular flexibility index (Phi) is 5.18. The third-order valence-corrected chi connectivity index (χ3v) is 2.56. The average molecular weight is 297 g/mol. The number of hydrogen-bond acceptors (Lipinski definition) is 4. The predicted molar refractivity (Wildman–Crippen MR) is 72.3 cm³/mol. The van der Waals surface area contributed by atoms with Gasteiger partial charge in [-0.15, -0.1) is 0 Å². The number of aryl methyl sites for hydroxylation is 2. The summed E-state index contributed by atoms with van der Waals surface area (Å²) in [5.41, 5.74) is 0.762. The smallest absolute Gasteiger partial charge is 0.275 e. The van der Waals surface area contributed by atoms with Gasteiger partial charge in [0.05, 0.1) is 11.0 Å². The van der Waals surface area contributed by atoms with Crippen LogP contribution in [0.3, 0.4) is 0 Å². The Hall–Kier alpha value is -2.70. The van der Waals surface area contributed by atoms with Gasteiger partial charge >= 0.3 is 0 Å². The van der Waals surface area contributed by atoms with Gasteiger partial charge in [0.15, 0.2) is 23.1 Å². The van der Waals surface area contributed by atoms with E-state index in [2.05, 4.69) is 0 Å².